The number of nitrogens with two attached hydrogens (primary N) is 1. The standard InChI is InChI=1S/C29H27N5O4/c1-3-37-28(35)34-12-11-21-22(14-30)27(33)29(17-31,18-32)26(23(21)15-34)20-9-10-24(25(13-20)36-2)38-16-19-7-5-4-6-8-19/h4-11,13,23,26H,3,12,15-16,33H2,1-2H3/t23-,26-/m1/s1. The number of allylic oxidation sites excluding steroid dienone is 2. The van der Waals surface area contributed by atoms with Gasteiger partial charge in [0.25, 0.3) is 0 Å². The average Bonchev–Trinajstić information content (AvgIpc) is 2.96. The highest BCUT2D eigenvalue weighted by molar-refractivity contribution is 5.69. The van der Waals surface area contributed by atoms with Gasteiger partial charge in [-0.15, -0.1) is 0 Å². The van der Waals surface area contributed by atoms with Crippen LogP contribution in [0.3, 0.4) is 0 Å². The summed E-state index contributed by atoms with van der Waals surface area (Å²) in [6.45, 7) is 2.61. The van der Waals surface area contributed by atoms with Crippen LogP contribution in [-0.2, 0) is 11.3 Å². The molecule has 2 aromatic rings. The number of benzene rings is 2. The molecule has 0 fully saturated rings. The molecule has 0 saturated carbocycles. The minimum absolute atomic E-state index is 0.0922. The summed E-state index contributed by atoms with van der Waals surface area (Å²) in [5.41, 5.74) is 6.75. The summed E-state index contributed by atoms with van der Waals surface area (Å²) < 4.78 is 16.8. The van der Waals surface area contributed by atoms with E-state index in [0.717, 1.165) is 5.56 Å². The Bertz CT molecular complexity index is 1400. The summed E-state index contributed by atoms with van der Waals surface area (Å²) in [6.07, 6.45) is 1.24. The molecule has 2 aromatic carbocycles. The van der Waals surface area contributed by atoms with Crippen molar-refractivity contribution in [3.8, 4) is 29.7 Å². The van der Waals surface area contributed by atoms with Crippen LogP contribution in [0, 0.1) is 45.3 Å². The SMILES string of the molecule is CCOC(=O)N1CC=C2C(C#N)=C(N)C(C#N)(C#N)[C@H](c3ccc(OCc4ccccc4)c(OC)c3)[C@@H]2C1. The van der Waals surface area contributed by atoms with E-state index in [0.29, 0.717) is 29.2 Å². The third-order valence-electron chi connectivity index (χ3n) is 6.97. The van der Waals surface area contributed by atoms with Crippen LogP contribution in [0.2, 0.25) is 0 Å². The lowest BCUT2D eigenvalue weighted by Gasteiger charge is -2.45. The van der Waals surface area contributed by atoms with Crippen LogP contribution in [0.4, 0.5) is 4.79 Å². The lowest BCUT2D eigenvalue weighted by atomic mass is 9.58. The molecule has 1 heterocycles. The van der Waals surface area contributed by atoms with Crippen molar-refractivity contribution < 1.29 is 19.0 Å². The van der Waals surface area contributed by atoms with Gasteiger partial charge >= 0.3 is 6.09 Å². The number of ether oxygens (including phenoxy) is 3. The number of methoxy groups -OCH3 is 1. The number of carbonyl (C=O) groups excluding carboxylic acids is 1. The molecule has 0 saturated heterocycles. The first-order valence-electron chi connectivity index (χ1n) is 12.1. The molecule has 1 aliphatic heterocycles. The second kappa shape index (κ2) is 11.0. The summed E-state index contributed by atoms with van der Waals surface area (Å²) in [6, 6.07) is 21.2. The molecule has 192 valence electrons. The monoisotopic (exact) mass is 509 g/mol. The summed E-state index contributed by atoms with van der Waals surface area (Å²) >= 11 is 0. The normalized spacial score (nSPS) is 19.7. The van der Waals surface area contributed by atoms with Gasteiger partial charge in [0.05, 0.1) is 37.1 Å². The summed E-state index contributed by atoms with van der Waals surface area (Å²) in [4.78, 5) is 14.1. The average molecular weight is 510 g/mol. The Morgan fingerprint density at radius 3 is 2.50 bits per heavy atom. The first-order chi connectivity index (χ1) is 18.4. The van der Waals surface area contributed by atoms with Crippen molar-refractivity contribution >= 4 is 6.09 Å². The van der Waals surface area contributed by atoms with Gasteiger partial charge < -0.3 is 24.8 Å². The van der Waals surface area contributed by atoms with Crippen LogP contribution in [0.5, 0.6) is 11.5 Å². The molecule has 2 N–H and O–H groups in total. The smallest absolute Gasteiger partial charge is 0.410 e. The van der Waals surface area contributed by atoms with Crippen LogP contribution in [0.1, 0.15) is 24.0 Å². The van der Waals surface area contributed by atoms with E-state index in [1.165, 1.54) is 12.0 Å². The topological polar surface area (TPSA) is 145 Å². The highest BCUT2D eigenvalue weighted by Crippen LogP contribution is 2.55. The van der Waals surface area contributed by atoms with E-state index in [-0.39, 0.29) is 31.0 Å². The number of carbonyl (C=O) groups is 1. The van der Waals surface area contributed by atoms with Crippen molar-refractivity contribution in [2.75, 3.05) is 26.8 Å². The fourth-order valence-electron chi connectivity index (χ4n) is 5.15. The quantitative estimate of drug-likeness (QED) is 0.611. The lowest BCUT2D eigenvalue weighted by Crippen LogP contribution is -2.49. The van der Waals surface area contributed by atoms with Crippen molar-refractivity contribution in [2.45, 2.75) is 19.4 Å². The molecule has 9 heteroatoms. The number of amides is 1. The second-order valence-electron chi connectivity index (χ2n) is 8.96. The first kappa shape index (κ1) is 26.1. The van der Waals surface area contributed by atoms with Crippen molar-refractivity contribution in [1.29, 1.82) is 15.8 Å². The Hall–Kier alpha value is -4.94. The number of rotatable bonds is 6. The van der Waals surface area contributed by atoms with Crippen LogP contribution in [0.15, 0.2) is 71.5 Å². The third-order valence-corrected chi connectivity index (χ3v) is 6.97. The maximum absolute atomic E-state index is 12.6. The molecule has 9 nitrogen and oxygen atoms in total. The van der Waals surface area contributed by atoms with Crippen molar-refractivity contribution in [2.24, 2.45) is 17.1 Å². The molecule has 4 rings (SSSR count). The lowest BCUT2D eigenvalue weighted by molar-refractivity contribution is 0.0999. The Morgan fingerprint density at radius 2 is 1.87 bits per heavy atom. The molecule has 0 spiro atoms. The van der Waals surface area contributed by atoms with Gasteiger partial charge in [0.2, 0.25) is 0 Å². The molecule has 38 heavy (non-hydrogen) atoms. The van der Waals surface area contributed by atoms with E-state index in [1.54, 1.807) is 31.2 Å². The van der Waals surface area contributed by atoms with Gasteiger partial charge in [-0.3, -0.25) is 0 Å². The van der Waals surface area contributed by atoms with E-state index in [2.05, 4.69) is 18.2 Å². The zero-order valence-electron chi connectivity index (χ0n) is 21.2. The second-order valence-corrected chi connectivity index (χ2v) is 8.96. The Balaban J connectivity index is 1.80. The van der Waals surface area contributed by atoms with Crippen molar-refractivity contribution in [3.05, 3.63) is 82.6 Å². The predicted molar refractivity (Wildman–Crippen MR) is 137 cm³/mol. The van der Waals surface area contributed by atoms with E-state index >= 15 is 0 Å². The number of hydrogen-bond acceptors (Lipinski definition) is 8. The molecule has 0 radical (unpaired) electrons. The largest absolute Gasteiger partial charge is 0.493 e. The molecule has 2 atom stereocenters. The number of fused-ring (bicyclic) bond motifs is 1. The molecule has 0 unspecified atom stereocenters. The van der Waals surface area contributed by atoms with Crippen LogP contribution < -0.4 is 15.2 Å². The van der Waals surface area contributed by atoms with Gasteiger partial charge in [-0.05, 0) is 35.8 Å². The maximum Gasteiger partial charge on any atom is 0.410 e. The fourth-order valence-corrected chi connectivity index (χ4v) is 5.15. The summed E-state index contributed by atoms with van der Waals surface area (Å²) in [5.74, 6) is -0.449. The Morgan fingerprint density at radius 1 is 1.13 bits per heavy atom. The summed E-state index contributed by atoms with van der Waals surface area (Å²) in [7, 11) is 1.51. The maximum atomic E-state index is 12.6. The zero-order valence-corrected chi connectivity index (χ0v) is 21.2. The first-order valence-corrected chi connectivity index (χ1v) is 12.1. The van der Waals surface area contributed by atoms with Gasteiger partial charge in [0, 0.05) is 24.9 Å². The minimum Gasteiger partial charge on any atom is -0.493 e. The molecular formula is C29H27N5O4. The highest BCUT2D eigenvalue weighted by atomic mass is 16.6. The third kappa shape index (κ3) is 4.49. The number of hydrogen-bond donors (Lipinski definition) is 1. The van der Waals surface area contributed by atoms with Crippen LogP contribution in [-0.4, -0.2) is 37.8 Å². The Kier molecular flexibility index (Phi) is 7.55. The Labute approximate surface area is 221 Å². The van der Waals surface area contributed by atoms with E-state index < -0.39 is 23.3 Å². The van der Waals surface area contributed by atoms with Gasteiger partial charge in [-0.25, -0.2) is 4.79 Å². The molecule has 0 bridgehead atoms. The van der Waals surface area contributed by atoms with Crippen LogP contribution in [0.25, 0.3) is 0 Å². The van der Waals surface area contributed by atoms with Gasteiger partial charge in [0.15, 0.2) is 16.9 Å². The molecule has 0 aromatic heterocycles. The summed E-state index contributed by atoms with van der Waals surface area (Å²) in [5, 5.41) is 30.6. The van der Waals surface area contributed by atoms with Crippen LogP contribution >= 0.6 is 0 Å². The fraction of sp³-hybridized carbons (Fsp3) is 0.310. The van der Waals surface area contributed by atoms with E-state index in [9.17, 15) is 20.6 Å². The van der Waals surface area contributed by atoms with Crippen molar-refractivity contribution in [1.82, 2.24) is 4.90 Å². The molecule has 2 aliphatic rings. The van der Waals surface area contributed by atoms with E-state index in [4.69, 9.17) is 19.9 Å². The van der Waals surface area contributed by atoms with Gasteiger partial charge in [-0.1, -0.05) is 42.5 Å². The highest BCUT2D eigenvalue weighted by Gasteiger charge is 2.55. The number of nitrogens with zero attached hydrogens (tertiary/aromatic N) is 4. The molecule has 1 aliphatic carbocycles. The van der Waals surface area contributed by atoms with E-state index in [1.807, 2.05) is 30.3 Å². The predicted octanol–water partition coefficient (Wildman–Crippen LogP) is 4.16. The molecule has 1 amide bonds. The number of nitriles is 3. The van der Waals surface area contributed by atoms with Gasteiger partial charge in [0.1, 0.15) is 12.7 Å². The van der Waals surface area contributed by atoms with Crippen molar-refractivity contribution in [3.63, 3.8) is 0 Å². The minimum atomic E-state index is -1.85. The zero-order chi connectivity index (χ0) is 27.3. The molecular weight excluding hydrogens is 482 g/mol. The van der Waals surface area contributed by atoms with Gasteiger partial charge in [-0.2, -0.15) is 15.8 Å².